The van der Waals surface area contributed by atoms with Crippen LogP contribution in [0.3, 0.4) is 0 Å². The Labute approximate surface area is 304 Å². The van der Waals surface area contributed by atoms with Crippen LogP contribution < -0.4 is 0 Å². The molecular weight excluding hydrogens is 814 g/mol. The van der Waals surface area contributed by atoms with E-state index >= 15 is 0 Å². The van der Waals surface area contributed by atoms with Crippen LogP contribution in [0.15, 0.2) is 146 Å². The van der Waals surface area contributed by atoms with Crippen molar-refractivity contribution in [1.82, 2.24) is 19.9 Å². The summed E-state index contributed by atoms with van der Waals surface area (Å²) in [5.41, 5.74) is 11.5. The Bertz CT molecular complexity index is 2540. The first kappa shape index (κ1) is 29.3. The minimum atomic E-state index is 0.896. The van der Waals surface area contributed by atoms with Crippen LogP contribution in [0.25, 0.3) is 88.6 Å². The van der Waals surface area contributed by atoms with Crippen molar-refractivity contribution in [2.45, 2.75) is 0 Å². The molecule has 4 nitrogen and oxygen atoms in total. The predicted molar refractivity (Wildman–Crippen MR) is 215 cm³/mol. The lowest BCUT2D eigenvalue weighted by Crippen LogP contribution is -1.92. The lowest BCUT2D eigenvalue weighted by molar-refractivity contribution is 1.35. The van der Waals surface area contributed by atoms with Crippen LogP contribution >= 0.6 is 45.2 Å². The van der Waals surface area contributed by atoms with Gasteiger partial charge in [-0.15, -0.1) is 0 Å². The molecule has 0 saturated heterocycles. The topological polar surface area (TPSA) is 51.6 Å². The first-order valence-corrected chi connectivity index (χ1v) is 17.8. The van der Waals surface area contributed by atoms with Gasteiger partial charge in [0.1, 0.15) is 0 Å². The number of halogens is 2. The van der Waals surface area contributed by atoms with Gasteiger partial charge < -0.3 is 0 Å². The molecule has 0 fully saturated rings. The normalized spacial score (nSPS) is 11.5. The molecule has 0 spiro atoms. The predicted octanol–water partition coefficient (Wildman–Crippen LogP) is 11.8. The standard InChI is InChI=1S/C42H24I2N4/c43-33-8-2-6-31(23-33)37-20-16-27-12-10-25-14-18-35(45-39(25)41(27)47-37)29-4-1-5-30(22-29)36-19-15-26-11-13-28-17-21-38(48-42(28)40(26)46-36)32-7-3-9-34(44)24-32/h1-24H. The summed E-state index contributed by atoms with van der Waals surface area (Å²) in [6.45, 7) is 0. The van der Waals surface area contributed by atoms with Crippen LogP contribution in [-0.4, -0.2) is 19.9 Å². The van der Waals surface area contributed by atoms with Crippen molar-refractivity contribution in [1.29, 1.82) is 0 Å². The van der Waals surface area contributed by atoms with Crippen LogP contribution in [0.4, 0.5) is 0 Å². The molecule has 0 aliphatic heterocycles. The van der Waals surface area contributed by atoms with Gasteiger partial charge >= 0.3 is 0 Å². The molecule has 0 saturated carbocycles. The maximum Gasteiger partial charge on any atom is 0.0972 e. The van der Waals surface area contributed by atoms with E-state index < -0.39 is 0 Å². The Morgan fingerprint density at radius 2 is 0.562 bits per heavy atom. The minimum absolute atomic E-state index is 0.896. The SMILES string of the molecule is Ic1cccc(-c2ccc3ccc4ccc(-c5cccc(-c6ccc7ccc8ccc(-c9cccc(I)c9)nc8c7n6)c5)nc4c3n2)c1. The number of pyridine rings is 4. The summed E-state index contributed by atoms with van der Waals surface area (Å²) in [7, 11) is 0. The van der Waals surface area contributed by atoms with Gasteiger partial charge in [0, 0.05) is 50.9 Å². The van der Waals surface area contributed by atoms with Crippen molar-refractivity contribution < 1.29 is 0 Å². The second-order valence-electron chi connectivity index (χ2n) is 11.8. The molecule has 0 aliphatic carbocycles. The molecule has 9 aromatic rings. The van der Waals surface area contributed by atoms with Crippen LogP contribution in [0.5, 0.6) is 0 Å². The van der Waals surface area contributed by atoms with Gasteiger partial charge in [-0.3, -0.25) is 0 Å². The third-order valence-electron chi connectivity index (χ3n) is 8.73. The average Bonchev–Trinajstić information content (AvgIpc) is 3.14. The van der Waals surface area contributed by atoms with Gasteiger partial charge in [-0.2, -0.15) is 0 Å². The highest BCUT2D eigenvalue weighted by atomic mass is 127. The highest BCUT2D eigenvalue weighted by Crippen LogP contribution is 2.32. The van der Waals surface area contributed by atoms with E-state index in [1.165, 1.54) is 7.14 Å². The molecule has 0 radical (unpaired) electrons. The monoisotopic (exact) mass is 838 g/mol. The molecule has 5 aromatic carbocycles. The fourth-order valence-electron chi connectivity index (χ4n) is 6.31. The quantitative estimate of drug-likeness (QED) is 0.131. The van der Waals surface area contributed by atoms with E-state index in [2.05, 4.69) is 191 Å². The van der Waals surface area contributed by atoms with Gasteiger partial charge in [0.25, 0.3) is 0 Å². The average molecular weight is 838 g/mol. The third kappa shape index (κ3) is 5.38. The van der Waals surface area contributed by atoms with Gasteiger partial charge in [-0.25, -0.2) is 19.9 Å². The Morgan fingerprint density at radius 3 is 0.875 bits per heavy atom. The number of fused-ring (bicyclic) bond motifs is 6. The summed E-state index contributed by atoms with van der Waals surface area (Å²) in [6, 6.07) is 50.7. The Hall–Kier alpha value is -4.80. The molecule has 226 valence electrons. The first-order valence-electron chi connectivity index (χ1n) is 15.6. The van der Waals surface area contributed by atoms with E-state index in [4.69, 9.17) is 19.9 Å². The van der Waals surface area contributed by atoms with Gasteiger partial charge in [-0.05, 0) is 99.8 Å². The zero-order chi connectivity index (χ0) is 32.2. The second kappa shape index (κ2) is 12.0. The van der Waals surface area contributed by atoms with Crippen molar-refractivity contribution in [2.24, 2.45) is 0 Å². The summed E-state index contributed by atoms with van der Waals surface area (Å²) in [4.78, 5) is 20.6. The number of benzene rings is 5. The Balaban J connectivity index is 1.14. The molecule has 6 heteroatoms. The van der Waals surface area contributed by atoms with Crippen LogP contribution in [0, 0.1) is 7.14 Å². The van der Waals surface area contributed by atoms with E-state index in [1.807, 2.05) is 0 Å². The Kier molecular flexibility index (Phi) is 7.35. The lowest BCUT2D eigenvalue weighted by atomic mass is 10.0. The van der Waals surface area contributed by atoms with Crippen LogP contribution in [0.1, 0.15) is 0 Å². The van der Waals surface area contributed by atoms with Crippen LogP contribution in [-0.2, 0) is 0 Å². The van der Waals surface area contributed by atoms with Gasteiger partial charge in [0.2, 0.25) is 0 Å². The summed E-state index contributed by atoms with van der Waals surface area (Å²) in [6.07, 6.45) is 0. The van der Waals surface area contributed by atoms with Crippen molar-refractivity contribution in [3.63, 3.8) is 0 Å². The van der Waals surface area contributed by atoms with E-state index in [-0.39, 0.29) is 0 Å². The molecule has 4 aromatic heterocycles. The Morgan fingerprint density at radius 1 is 0.292 bits per heavy atom. The van der Waals surface area contributed by atoms with Gasteiger partial charge in [-0.1, -0.05) is 91.0 Å². The fourth-order valence-corrected chi connectivity index (χ4v) is 7.40. The maximum atomic E-state index is 5.20. The van der Waals surface area contributed by atoms with Gasteiger partial charge in [0.05, 0.1) is 44.8 Å². The number of aromatic nitrogens is 4. The van der Waals surface area contributed by atoms with E-state index in [0.717, 1.165) is 88.6 Å². The van der Waals surface area contributed by atoms with Crippen molar-refractivity contribution in [2.75, 3.05) is 0 Å². The molecule has 4 heterocycles. The number of rotatable bonds is 4. The number of hydrogen-bond acceptors (Lipinski definition) is 4. The fraction of sp³-hybridized carbons (Fsp3) is 0. The smallest absolute Gasteiger partial charge is 0.0972 e. The molecule has 0 unspecified atom stereocenters. The van der Waals surface area contributed by atoms with E-state index in [9.17, 15) is 0 Å². The van der Waals surface area contributed by atoms with E-state index in [1.54, 1.807) is 0 Å². The number of hydrogen-bond donors (Lipinski definition) is 0. The zero-order valence-electron chi connectivity index (χ0n) is 25.4. The lowest BCUT2D eigenvalue weighted by Gasteiger charge is -2.10. The molecule has 48 heavy (non-hydrogen) atoms. The molecule has 0 bridgehead atoms. The van der Waals surface area contributed by atoms with E-state index in [0.29, 0.717) is 0 Å². The molecule has 0 amide bonds. The first-order chi connectivity index (χ1) is 23.6. The molecule has 9 rings (SSSR count). The minimum Gasteiger partial charge on any atom is -0.245 e. The summed E-state index contributed by atoms with van der Waals surface area (Å²) in [5.74, 6) is 0. The zero-order valence-corrected chi connectivity index (χ0v) is 29.7. The highest BCUT2D eigenvalue weighted by Gasteiger charge is 2.12. The highest BCUT2D eigenvalue weighted by molar-refractivity contribution is 14.1. The molecule has 0 N–H and O–H groups in total. The van der Waals surface area contributed by atoms with Crippen molar-refractivity contribution in [3.05, 3.63) is 153 Å². The third-order valence-corrected chi connectivity index (χ3v) is 10.1. The largest absolute Gasteiger partial charge is 0.245 e. The van der Waals surface area contributed by atoms with Crippen molar-refractivity contribution >= 4 is 88.8 Å². The summed E-state index contributed by atoms with van der Waals surface area (Å²) < 4.78 is 2.37. The summed E-state index contributed by atoms with van der Waals surface area (Å²) >= 11 is 4.69. The molecular formula is C42H24I2N4. The van der Waals surface area contributed by atoms with Crippen LogP contribution in [0.2, 0.25) is 0 Å². The van der Waals surface area contributed by atoms with Gasteiger partial charge in [0.15, 0.2) is 0 Å². The summed E-state index contributed by atoms with van der Waals surface area (Å²) in [5, 5.41) is 4.27. The molecule has 0 atom stereocenters. The number of nitrogens with zero attached hydrogens (tertiary/aromatic N) is 4. The molecule has 0 aliphatic rings. The van der Waals surface area contributed by atoms with Crippen molar-refractivity contribution in [3.8, 4) is 45.0 Å². The maximum absolute atomic E-state index is 5.20. The second-order valence-corrected chi connectivity index (χ2v) is 14.3.